The third-order valence-electron chi connectivity index (χ3n) is 6.97. The molecule has 4 aromatic rings. The Morgan fingerprint density at radius 3 is 1.75 bits per heavy atom. The van der Waals surface area contributed by atoms with Crippen LogP contribution in [0.3, 0.4) is 0 Å². The van der Waals surface area contributed by atoms with E-state index in [0.717, 1.165) is 29.9 Å². The maximum absolute atomic E-state index is 13.0. The topological polar surface area (TPSA) is 76.6 Å². The minimum atomic E-state index is -0.119. The van der Waals surface area contributed by atoms with Crippen LogP contribution in [0.5, 0.6) is 0 Å². The third-order valence-corrected chi connectivity index (χ3v) is 7.16. The molecule has 1 aromatic heterocycles. The Kier molecular flexibility index (Phi) is 8.48. The van der Waals surface area contributed by atoms with Gasteiger partial charge in [0.05, 0.1) is 13.2 Å². The molecule has 0 spiro atoms. The molecule has 1 saturated heterocycles. The first-order valence-electron chi connectivity index (χ1n) is 13.2. The van der Waals surface area contributed by atoms with Gasteiger partial charge in [0.25, 0.3) is 0 Å². The van der Waals surface area contributed by atoms with Gasteiger partial charge in [0.2, 0.25) is 0 Å². The van der Waals surface area contributed by atoms with Crippen molar-refractivity contribution in [2.24, 2.45) is 0 Å². The average molecular weight is 553 g/mol. The molecule has 1 aliphatic rings. The monoisotopic (exact) mass is 552 g/mol. The largest absolute Gasteiger partial charge is 0.378 e. The summed E-state index contributed by atoms with van der Waals surface area (Å²) in [5.41, 5.74) is 5.68. The van der Waals surface area contributed by atoms with E-state index in [-0.39, 0.29) is 35.3 Å². The number of Topliss-reactive ketones (excluding diaryl/α,β-unsaturated/α-hetero) is 2. The molecule has 5 rings (SSSR count). The number of nitrogens with zero attached hydrogens (tertiary/aromatic N) is 2. The molecule has 1 aliphatic heterocycles. The lowest BCUT2D eigenvalue weighted by atomic mass is 9.97. The summed E-state index contributed by atoms with van der Waals surface area (Å²) in [6.45, 7) is 4.93. The Hall–Kier alpha value is -4.13. The van der Waals surface area contributed by atoms with Crippen molar-refractivity contribution in [1.82, 2.24) is 4.98 Å². The van der Waals surface area contributed by atoms with Crippen molar-refractivity contribution in [3.63, 3.8) is 0 Å². The van der Waals surface area contributed by atoms with Crippen LogP contribution in [-0.4, -0.2) is 48.6 Å². The molecule has 1 fully saturated rings. The predicted octanol–water partition coefficient (Wildman–Crippen LogP) is 5.96. The first kappa shape index (κ1) is 27.4. The van der Waals surface area contributed by atoms with Crippen molar-refractivity contribution in [1.29, 1.82) is 0 Å². The zero-order valence-corrected chi connectivity index (χ0v) is 23.0. The van der Waals surface area contributed by atoms with Gasteiger partial charge in [-0.2, -0.15) is 0 Å². The van der Waals surface area contributed by atoms with E-state index in [1.807, 2.05) is 36.4 Å². The molecule has 0 N–H and O–H groups in total. The molecule has 2 heterocycles. The summed E-state index contributed by atoms with van der Waals surface area (Å²) in [5, 5.41) is 0.290. The number of carbonyl (C=O) groups is 3. The Morgan fingerprint density at radius 1 is 0.725 bits per heavy atom. The second-order valence-electron chi connectivity index (χ2n) is 9.89. The number of pyridine rings is 1. The van der Waals surface area contributed by atoms with E-state index in [1.54, 1.807) is 55.5 Å². The second-order valence-corrected chi connectivity index (χ2v) is 10.3. The van der Waals surface area contributed by atoms with Crippen molar-refractivity contribution in [3.8, 4) is 0 Å². The SMILES string of the molecule is Cc1cc(C(=O)Cc2ccc(C(=O)c3ccc(CC(=O)c4ccc(N5CCOCC5)cc4)cc3)cc2)cc(Cl)n1. The molecular weight excluding hydrogens is 524 g/mol. The van der Waals surface area contributed by atoms with E-state index in [2.05, 4.69) is 9.88 Å². The fraction of sp³-hybridized carbons (Fsp3) is 0.212. The van der Waals surface area contributed by atoms with E-state index in [9.17, 15) is 14.4 Å². The standard InChI is InChI=1S/C33H29ClN2O4/c1-22-18-28(21-32(34)35-22)31(38)20-24-4-8-27(9-5-24)33(39)26-6-2-23(3-7-26)19-30(37)25-10-12-29(13-11-25)36-14-16-40-17-15-36/h2-13,18,21H,14-17,19-20H2,1H3. The van der Waals surface area contributed by atoms with Gasteiger partial charge in [-0.25, -0.2) is 4.98 Å². The lowest BCUT2D eigenvalue weighted by Crippen LogP contribution is -2.36. The van der Waals surface area contributed by atoms with Gasteiger partial charge in [0.1, 0.15) is 5.15 Å². The van der Waals surface area contributed by atoms with Gasteiger partial charge in [-0.15, -0.1) is 0 Å². The van der Waals surface area contributed by atoms with Crippen molar-refractivity contribution >= 4 is 34.6 Å². The van der Waals surface area contributed by atoms with Gasteiger partial charge in [-0.1, -0.05) is 60.1 Å². The van der Waals surface area contributed by atoms with Crippen LogP contribution in [0.25, 0.3) is 0 Å². The summed E-state index contributed by atoms with van der Waals surface area (Å²) in [7, 11) is 0. The van der Waals surface area contributed by atoms with Crippen LogP contribution >= 0.6 is 11.6 Å². The zero-order valence-electron chi connectivity index (χ0n) is 22.2. The van der Waals surface area contributed by atoms with E-state index in [0.29, 0.717) is 41.2 Å². The van der Waals surface area contributed by atoms with Gasteiger partial charge in [-0.3, -0.25) is 14.4 Å². The van der Waals surface area contributed by atoms with Crippen LogP contribution < -0.4 is 4.90 Å². The number of aryl methyl sites for hydroxylation is 1. The Morgan fingerprint density at radius 2 is 1.23 bits per heavy atom. The Balaban J connectivity index is 1.18. The van der Waals surface area contributed by atoms with E-state index in [4.69, 9.17) is 16.3 Å². The van der Waals surface area contributed by atoms with Gasteiger partial charge in [-0.05, 0) is 54.4 Å². The maximum atomic E-state index is 13.0. The Bertz CT molecular complexity index is 1500. The summed E-state index contributed by atoms with van der Waals surface area (Å²) in [6, 6.07) is 25.2. The van der Waals surface area contributed by atoms with Crippen LogP contribution in [0.2, 0.25) is 5.15 Å². The summed E-state index contributed by atoms with van der Waals surface area (Å²) in [5.74, 6) is -0.155. The number of hydrogen-bond donors (Lipinski definition) is 0. The molecule has 7 heteroatoms. The number of aromatic nitrogens is 1. The number of morpholine rings is 1. The molecule has 0 saturated carbocycles. The van der Waals surface area contributed by atoms with Crippen molar-refractivity contribution < 1.29 is 19.1 Å². The third kappa shape index (κ3) is 6.71. The highest BCUT2D eigenvalue weighted by Gasteiger charge is 2.15. The van der Waals surface area contributed by atoms with Crippen molar-refractivity contribution in [2.45, 2.75) is 19.8 Å². The number of benzene rings is 3. The fourth-order valence-corrected chi connectivity index (χ4v) is 5.01. The maximum Gasteiger partial charge on any atom is 0.193 e. The molecule has 3 aromatic carbocycles. The van der Waals surface area contributed by atoms with Crippen LogP contribution in [0.15, 0.2) is 84.9 Å². The van der Waals surface area contributed by atoms with Crippen molar-refractivity contribution in [3.05, 3.63) is 129 Å². The quantitative estimate of drug-likeness (QED) is 0.188. The highest BCUT2D eigenvalue weighted by Crippen LogP contribution is 2.19. The van der Waals surface area contributed by atoms with Crippen molar-refractivity contribution in [2.75, 3.05) is 31.2 Å². The lowest BCUT2D eigenvalue weighted by Gasteiger charge is -2.28. The van der Waals surface area contributed by atoms with E-state index < -0.39 is 0 Å². The molecule has 0 atom stereocenters. The molecule has 6 nitrogen and oxygen atoms in total. The van der Waals surface area contributed by atoms with Crippen LogP contribution in [0.4, 0.5) is 5.69 Å². The van der Waals surface area contributed by atoms with Crippen LogP contribution in [0.1, 0.15) is 53.5 Å². The summed E-state index contributed by atoms with van der Waals surface area (Å²) < 4.78 is 5.40. The molecule has 40 heavy (non-hydrogen) atoms. The smallest absolute Gasteiger partial charge is 0.193 e. The predicted molar refractivity (Wildman–Crippen MR) is 156 cm³/mol. The van der Waals surface area contributed by atoms with Gasteiger partial charge >= 0.3 is 0 Å². The van der Waals surface area contributed by atoms with Gasteiger partial charge in [0.15, 0.2) is 17.3 Å². The first-order valence-corrected chi connectivity index (χ1v) is 13.6. The molecular formula is C33H29ClN2O4. The molecule has 202 valence electrons. The minimum Gasteiger partial charge on any atom is -0.378 e. The number of rotatable bonds is 9. The number of carbonyl (C=O) groups excluding carboxylic acids is 3. The lowest BCUT2D eigenvalue weighted by molar-refractivity contribution is 0.0984. The molecule has 0 amide bonds. The number of ketones is 3. The Labute approximate surface area is 238 Å². The highest BCUT2D eigenvalue weighted by molar-refractivity contribution is 6.29. The normalized spacial score (nSPS) is 13.2. The first-order chi connectivity index (χ1) is 19.4. The number of anilines is 1. The average Bonchev–Trinajstić information content (AvgIpc) is 2.97. The zero-order chi connectivity index (χ0) is 28.1. The van der Waals surface area contributed by atoms with Gasteiger partial charge in [0, 0.05) is 59.6 Å². The van der Waals surface area contributed by atoms with Gasteiger partial charge < -0.3 is 9.64 Å². The van der Waals surface area contributed by atoms with Crippen LogP contribution in [0, 0.1) is 6.92 Å². The second kappa shape index (κ2) is 12.4. The molecule has 0 aliphatic carbocycles. The van der Waals surface area contributed by atoms with Crippen LogP contribution in [-0.2, 0) is 17.6 Å². The summed E-state index contributed by atoms with van der Waals surface area (Å²) in [6.07, 6.45) is 0.462. The fourth-order valence-electron chi connectivity index (χ4n) is 4.76. The minimum absolute atomic E-state index is 0.0296. The molecule has 0 bridgehead atoms. The highest BCUT2D eigenvalue weighted by atomic mass is 35.5. The molecule has 0 radical (unpaired) electrons. The van der Waals surface area contributed by atoms with E-state index in [1.165, 1.54) is 0 Å². The summed E-state index contributed by atoms with van der Waals surface area (Å²) >= 11 is 5.98. The number of hydrogen-bond acceptors (Lipinski definition) is 6. The van der Waals surface area contributed by atoms with E-state index >= 15 is 0 Å². The summed E-state index contributed by atoms with van der Waals surface area (Å²) in [4.78, 5) is 44.9. The number of ether oxygens (including phenoxy) is 1. The molecule has 0 unspecified atom stereocenters. The number of halogens is 1.